The Morgan fingerprint density at radius 2 is 1.71 bits per heavy atom. The summed E-state index contributed by atoms with van der Waals surface area (Å²) < 4.78 is 14.9. The van der Waals surface area contributed by atoms with E-state index in [2.05, 4.69) is 5.32 Å². The van der Waals surface area contributed by atoms with Crippen LogP contribution in [0.2, 0.25) is 0 Å². The molecule has 0 heterocycles. The molecule has 0 aliphatic rings. The second kappa shape index (κ2) is 8.84. The molecular formula is C15H21NO5. The molecule has 1 rings (SSSR count). The Bertz CT molecular complexity index is 458. The molecule has 1 atom stereocenters. The van der Waals surface area contributed by atoms with Crippen LogP contribution in [-0.2, 0) is 19.1 Å². The van der Waals surface area contributed by atoms with Crippen LogP contribution in [0.15, 0.2) is 24.3 Å². The molecule has 0 bridgehead atoms. The van der Waals surface area contributed by atoms with Crippen LogP contribution in [0.25, 0.3) is 0 Å². The Labute approximate surface area is 124 Å². The van der Waals surface area contributed by atoms with Gasteiger partial charge in [-0.2, -0.15) is 0 Å². The number of carbonyl (C=O) groups is 2. The van der Waals surface area contributed by atoms with E-state index in [-0.39, 0.29) is 19.6 Å². The van der Waals surface area contributed by atoms with Gasteiger partial charge in [-0.1, -0.05) is 0 Å². The quantitative estimate of drug-likeness (QED) is 0.739. The van der Waals surface area contributed by atoms with Crippen molar-refractivity contribution >= 4 is 17.6 Å². The van der Waals surface area contributed by atoms with Crippen molar-refractivity contribution in [1.82, 2.24) is 0 Å². The van der Waals surface area contributed by atoms with E-state index in [1.165, 1.54) is 0 Å². The SMILES string of the molecule is CCOC(=O)CC(Nc1ccc(OC)cc1)C(=O)OCC. The average Bonchev–Trinajstić information content (AvgIpc) is 2.48. The Kier molecular flexibility index (Phi) is 7.08. The zero-order valence-electron chi connectivity index (χ0n) is 12.5. The molecule has 0 radical (unpaired) electrons. The fraction of sp³-hybridized carbons (Fsp3) is 0.467. The summed E-state index contributed by atoms with van der Waals surface area (Å²) in [6.45, 7) is 3.96. The van der Waals surface area contributed by atoms with Crippen LogP contribution in [0.1, 0.15) is 20.3 Å². The summed E-state index contributed by atoms with van der Waals surface area (Å²) >= 11 is 0. The van der Waals surface area contributed by atoms with Gasteiger partial charge in [-0.25, -0.2) is 4.79 Å². The van der Waals surface area contributed by atoms with E-state index in [4.69, 9.17) is 14.2 Å². The molecule has 1 aromatic rings. The lowest BCUT2D eigenvalue weighted by molar-refractivity contribution is -0.150. The Hall–Kier alpha value is -2.24. The minimum atomic E-state index is -0.780. The predicted molar refractivity (Wildman–Crippen MR) is 78.3 cm³/mol. The van der Waals surface area contributed by atoms with Crippen molar-refractivity contribution in [3.05, 3.63) is 24.3 Å². The van der Waals surface area contributed by atoms with Gasteiger partial charge in [0.2, 0.25) is 0 Å². The van der Waals surface area contributed by atoms with Crippen molar-refractivity contribution in [2.45, 2.75) is 26.3 Å². The first-order chi connectivity index (χ1) is 10.1. The van der Waals surface area contributed by atoms with Crippen LogP contribution in [0.3, 0.4) is 0 Å². The van der Waals surface area contributed by atoms with Gasteiger partial charge in [-0.15, -0.1) is 0 Å². The van der Waals surface area contributed by atoms with Crippen LogP contribution in [-0.4, -0.2) is 38.3 Å². The third kappa shape index (κ3) is 5.72. The van der Waals surface area contributed by atoms with E-state index < -0.39 is 18.0 Å². The van der Waals surface area contributed by atoms with Crippen LogP contribution in [0, 0.1) is 0 Å². The third-order valence-electron chi connectivity index (χ3n) is 2.68. The predicted octanol–water partition coefficient (Wildman–Crippen LogP) is 1.99. The number of rotatable bonds is 8. The van der Waals surface area contributed by atoms with Crippen molar-refractivity contribution in [2.75, 3.05) is 25.6 Å². The second-order valence-corrected chi connectivity index (χ2v) is 4.19. The highest BCUT2D eigenvalue weighted by Gasteiger charge is 2.23. The molecule has 0 fully saturated rings. The average molecular weight is 295 g/mol. The van der Waals surface area contributed by atoms with Gasteiger partial charge in [0.05, 0.1) is 26.7 Å². The van der Waals surface area contributed by atoms with Crippen molar-refractivity contribution in [3.63, 3.8) is 0 Å². The molecule has 0 aliphatic heterocycles. The fourth-order valence-corrected chi connectivity index (χ4v) is 1.71. The first-order valence-corrected chi connectivity index (χ1v) is 6.83. The van der Waals surface area contributed by atoms with Gasteiger partial charge in [-0.05, 0) is 38.1 Å². The third-order valence-corrected chi connectivity index (χ3v) is 2.68. The summed E-state index contributed by atoms with van der Waals surface area (Å²) in [6.07, 6.45) is -0.0846. The molecule has 6 nitrogen and oxygen atoms in total. The molecule has 0 aromatic heterocycles. The van der Waals surface area contributed by atoms with Crippen molar-refractivity contribution in [1.29, 1.82) is 0 Å². The zero-order valence-corrected chi connectivity index (χ0v) is 12.5. The lowest BCUT2D eigenvalue weighted by atomic mass is 10.2. The van der Waals surface area contributed by atoms with E-state index in [1.807, 2.05) is 0 Å². The van der Waals surface area contributed by atoms with Crippen LogP contribution >= 0.6 is 0 Å². The molecular weight excluding hydrogens is 274 g/mol. The largest absolute Gasteiger partial charge is 0.497 e. The summed E-state index contributed by atoms with van der Waals surface area (Å²) in [5.41, 5.74) is 0.693. The molecule has 21 heavy (non-hydrogen) atoms. The van der Waals surface area contributed by atoms with Gasteiger partial charge >= 0.3 is 11.9 Å². The minimum absolute atomic E-state index is 0.0846. The standard InChI is InChI=1S/C15H21NO5/c1-4-20-14(17)10-13(15(18)21-5-2)16-11-6-8-12(19-3)9-7-11/h6-9,13,16H,4-5,10H2,1-3H3. The van der Waals surface area contributed by atoms with E-state index in [1.54, 1.807) is 45.2 Å². The van der Waals surface area contributed by atoms with E-state index in [0.29, 0.717) is 11.4 Å². The van der Waals surface area contributed by atoms with Gasteiger partial charge in [0.15, 0.2) is 0 Å². The van der Waals surface area contributed by atoms with Crippen LogP contribution < -0.4 is 10.1 Å². The zero-order chi connectivity index (χ0) is 15.7. The van der Waals surface area contributed by atoms with Crippen molar-refractivity contribution < 1.29 is 23.8 Å². The maximum atomic E-state index is 11.9. The highest BCUT2D eigenvalue weighted by atomic mass is 16.5. The van der Waals surface area contributed by atoms with Gasteiger partial charge in [0.1, 0.15) is 11.8 Å². The van der Waals surface area contributed by atoms with Gasteiger partial charge < -0.3 is 19.5 Å². The molecule has 1 unspecified atom stereocenters. The Balaban J connectivity index is 2.74. The Morgan fingerprint density at radius 1 is 1.10 bits per heavy atom. The smallest absolute Gasteiger partial charge is 0.329 e. The number of hydrogen-bond donors (Lipinski definition) is 1. The number of anilines is 1. The second-order valence-electron chi connectivity index (χ2n) is 4.19. The number of methoxy groups -OCH3 is 1. The fourth-order valence-electron chi connectivity index (χ4n) is 1.71. The molecule has 0 saturated carbocycles. The number of nitrogens with one attached hydrogen (secondary N) is 1. The normalized spacial score (nSPS) is 11.4. The van der Waals surface area contributed by atoms with Gasteiger partial charge in [-0.3, -0.25) is 4.79 Å². The minimum Gasteiger partial charge on any atom is -0.497 e. The maximum Gasteiger partial charge on any atom is 0.329 e. The summed E-state index contributed by atoms with van der Waals surface area (Å²) in [6, 6.07) is 6.26. The molecule has 6 heteroatoms. The topological polar surface area (TPSA) is 73.9 Å². The van der Waals surface area contributed by atoms with E-state index >= 15 is 0 Å². The number of esters is 2. The van der Waals surface area contributed by atoms with E-state index in [0.717, 1.165) is 0 Å². The van der Waals surface area contributed by atoms with Crippen molar-refractivity contribution in [2.24, 2.45) is 0 Å². The molecule has 0 amide bonds. The molecule has 0 aliphatic carbocycles. The van der Waals surface area contributed by atoms with Crippen LogP contribution in [0.5, 0.6) is 5.75 Å². The molecule has 0 saturated heterocycles. The van der Waals surface area contributed by atoms with Crippen LogP contribution in [0.4, 0.5) is 5.69 Å². The first-order valence-electron chi connectivity index (χ1n) is 6.83. The highest BCUT2D eigenvalue weighted by Crippen LogP contribution is 2.17. The molecule has 0 spiro atoms. The molecule has 1 aromatic carbocycles. The number of carbonyl (C=O) groups excluding carboxylic acids is 2. The van der Waals surface area contributed by atoms with Gasteiger partial charge in [0, 0.05) is 5.69 Å². The highest BCUT2D eigenvalue weighted by molar-refractivity contribution is 5.85. The van der Waals surface area contributed by atoms with Gasteiger partial charge in [0.25, 0.3) is 0 Å². The summed E-state index contributed by atoms with van der Waals surface area (Å²) in [7, 11) is 1.57. The lowest BCUT2D eigenvalue weighted by Crippen LogP contribution is -2.34. The monoisotopic (exact) mass is 295 g/mol. The first kappa shape index (κ1) is 16.8. The molecule has 1 N–H and O–H groups in total. The number of benzene rings is 1. The number of ether oxygens (including phenoxy) is 3. The summed E-state index contributed by atoms with van der Waals surface area (Å²) in [5.74, 6) is -0.225. The summed E-state index contributed by atoms with van der Waals surface area (Å²) in [4.78, 5) is 23.5. The molecule has 116 valence electrons. The maximum absolute atomic E-state index is 11.9. The van der Waals surface area contributed by atoms with Crippen molar-refractivity contribution in [3.8, 4) is 5.75 Å². The van der Waals surface area contributed by atoms with E-state index in [9.17, 15) is 9.59 Å². The number of hydrogen-bond acceptors (Lipinski definition) is 6. The summed E-state index contributed by atoms with van der Waals surface area (Å²) in [5, 5.41) is 2.97. The Morgan fingerprint density at radius 3 is 2.24 bits per heavy atom. The lowest BCUT2D eigenvalue weighted by Gasteiger charge is -2.17.